The van der Waals surface area contributed by atoms with Crippen molar-refractivity contribution in [3.05, 3.63) is 0 Å². The fourth-order valence-electron chi connectivity index (χ4n) is 3.74. The Kier molecular flexibility index (Phi) is 24.3. The van der Waals surface area contributed by atoms with Crippen molar-refractivity contribution in [1.29, 1.82) is 0 Å². The molecule has 7 nitrogen and oxygen atoms in total. The van der Waals surface area contributed by atoms with Crippen LogP contribution in [0.3, 0.4) is 0 Å². The molecule has 0 saturated carbocycles. The highest BCUT2D eigenvalue weighted by Crippen LogP contribution is 2.10. The van der Waals surface area contributed by atoms with E-state index in [9.17, 15) is 9.59 Å². The quantitative estimate of drug-likeness (QED) is 0.0865. The summed E-state index contributed by atoms with van der Waals surface area (Å²) in [5, 5.41) is 0. The molecule has 0 bridgehead atoms. The van der Waals surface area contributed by atoms with Gasteiger partial charge >= 0.3 is 11.9 Å². The van der Waals surface area contributed by atoms with Gasteiger partial charge < -0.3 is 23.7 Å². The van der Waals surface area contributed by atoms with Gasteiger partial charge in [0.05, 0.1) is 38.1 Å². The number of ether oxygens (including phenoxy) is 5. The van der Waals surface area contributed by atoms with Gasteiger partial charge in [-0.2, -0.15) is 0 Å². The SMILES string of the molecule is CCCCCCCCC(=O)OCC(C)OCC(C)OCC(C)OCC(C)OC(=O)CCCCCCCC. The van der Waals surface area contributed by atoms with Gasteiger partial charge in [-0.05, 0) is 40.5 Å². The minimum atomic E-state index is -0.277. The average Bonchev–Trinajstić information content (AvgIpc) is 2.87. The topological polar surface area (TPSA) is 80.3 Å². The summed E-state index contributed by atoms with van der Waals surface area (Å²) in [4.78, 5) is 23.8. The maximum absolute atomic E-state index is 12.0. The highest BCUT2D eigenvalue weighted by Gasteiger charge is 2.14. The van der Waals surface area contributed by atoms with E-state index in [0.29, 0.717) is 32.7 Å². The van der Waals surface area contributed by atoms with E-state index >= 15 is 0 Å². The number of hydrogen-bond acceptors (Lipinski definition) is 7. The molecule has 0 fully saturated rings. The molecular formula is C30H58O7. The van der Waals surface area contributed by atoms with Crippen LogP contribution in [0.4, 0.5) is 0 Å². The van der Waals surface area contributed by atoms with Crippen molar-refractivity contribution in [2.45, 2.75) is 156 Å². The van der Waals surface area contributed by atoms with E-state index in [4.69, 9.17) is 23.7 Å². The Morgan fingerprint density at radius 3 is 1.35 bits per heavy atom. The van der Waals surface area contributed by atoms with E-state index in [0.717, 1.165) is 25.7 Å². The van der Waals surface area contributed by atoms with Crippen molar-refractivity contribution < 1.29 is 33.3 Å². The Morgan fingerprint density at radius 2 is 0.865 bits per heavy atom. The van der Waals surface area contributed by atoms with E-state index in [1.54, 1.807) is 0 Å². The monoisotopic (exact) mass is 530 g/mol. The van der Waals surface area contributed by atoms with Crippen molar-refractivity contribution in [3.8, 4) is 0 Å². The molecule has 0 saturated heterocycles. The summed E-state index contributed by atoms with van der Waals surface area (Å²) in [6, 6.07) is 0. The van der Waals surface area contributed by atoms with E-state index in [2.05, 4.69) is 13.8 Å². The highest BCUT2D eigenvalue weighted by molar-refractivity contribution is 5.69. The van der Waals surface area contributed by atoms with Crippen molar-refractivity contribution in [1.82, 2.24) is 0 Å². The van der Waals surface area contributed by atoms with Crippen LogP contribution in [0.15, 0.2) is 0 Å². The fourth-order valence-corrected chi connectivity index (χ4v) is 3.74. The zero-order valence-corrected chi connectivity index (χ0v) is 24.9. The smallest absolute Gasteiger partial charge is 0.306 e. The standard InChI is InChI=1S/C30H58O7/c1-7-9-11-13-15-17-19-29(31)36-23-27(5)34-21-25(3)33-22-26(4)35-24-28(6)37-30(32)20-18-16-14-12-10-8-2/h25-28H,7-24H2,1-6H3. The second kappa shape index (κ2) is 25.1. The molecule has 4 unspecified atom stereocenters. The predicted molar refractivity (Wildman–Crippen MR) is 149 cm³/mol. The second-order valence-corrected chi connectivity index (χ2v) is 10.5. The van der Waals surface area contributed by atoms with E-state index in [1.807, 2.05) is 27.7 Å². The first-order chi connectivity index (χ1) is 17.8. The van der Waals surface area contributed by atoms with Crippen LogP contribution in [0.5, 0.6) is 0 Å². The third kappa shape index (κ3) is 24.9. The third-order valence-electron chi connectivity index (χ3n) is 6.13. The molecule has 0 amide bonds. The molecule has 0 aromatic heterocycles. The average molecular weight is 531 g/mol. The summed E-state index contributed by atoms with van der Waals surface area (Å²) in [7, 11) is 0. The van der Waals surface area contributed by atoms with Crippen LogP contribution in [0.25, 0.3) is 0 Å². The molecule has 0 spiro atoms. The van der Waals surface area contributed by atoms with Gasteiger partial charge in [0.25, 0.3) is 0 Å². The lowest BCUT2D eigenvalue weighted by Gasteiger charge is -2.21. The zero-order chi connectivity index (χ0) is 27.7. The predicted octanol–water partition coefficient (Wildman–Crippen LogP) is 7.18. The zero-order valence-electron chi connectivity index (χ0n) is 24.9. The summed E-state index contributed by atoms with van der Waals surface area (Å²) in [6.45, 7) is 13.5. The second-order valence-electron chi connectivity index (χ2n) is 10.5. The van der Waals surface area contributed by atoms with Gasteiger partial charge in [0.2, 0.25) is 0 Å². The number of carbonyl (C=O) groups excluding carboxylic acids is 2. The van der Waals surface area contributed by atoms with Gasteiger partial charge in [-0.15, -0.1) is 0 Å². The number of rotatable bonds is 26. The van der Waals surface area contributed by atoms with E-state index in [1.165, 1.54) is 51.4 Å². The number of carbonyl (C=O) groups is 2. The molecule has 220 valence electrons. The van der Waals surface area contributed by atoms with Crippen LogP contribution in [0.1, 0.15) is 131 Å². The Bertz CT molecular complexity index is 540. The van der Waals surface area contributed by atoms with Crippen molar-refractivity contribution >= 4 is 11.9 Å². The molecule has 0 aliphatic heterocycles. The summed E-state index contributed by atoms with van der Waals surface area (Å²) in [5.41, 5.74) is 0. The molecule has 0 rings (SSSR count). The van der Waals surface area contributed by atoms with Gasteiger partial charge in [-0.1, -0.05) is 78.1 Å². The summed E-state index contributed by atoms with van der Waals surface area (Å²) >= 11 is 0. The van der Waals surface area contributed by atoms with Gasteiger partial charge in [0, 0.05) is 12.8 Å². The molecule has 0 aliphatic carbocycles. The molecule has 0 heterocycles. The number of esters is 2. The van der Waals surface area contributed by atoms with Crippen LogP contribution in [0, 0.1) is 0 Å². The first kappa shape index (κ1) is 35.8. The fraction of sp³-hybridized carbons (Fsp3) is 0.933. The van der Waals surface area contributed by atoms with Gasteiger partial charge in [-0.3, -0.25) is 9.59 Å². The molecule has 4 atom stereocenters. The largest absolute Gasteiger partial charge is 0.463 e. The minimum absolute atomic E-state index is 0.111. The lowest BCUT2D eigenvalue weighted by Crippen LogP contribution is -2.29. The van der Waals surface area contributed by atoms with Gasteiger partial charge in [0.15, 0.2) is 0 Å². The minimum Gasteiger partial charge on any atom is -0.463 e. The molecule has 0 radical (unpaired) electrons. The maximum atomic E-state index is 12.0. The molecule has 0 aromatic carbocycles. The van der Waals surface area contributed by atoms with Crippen molar-refractivity contribution in [3.63, 3.8) is 0 Å². The van der Waals surface area contributed by atoms with Crippen LogP contribution in [-0.4, -0.2) is 62.8 Å². The lowest BCUT2D eigenvalue weighted by molar-refractivity contribution is -0.153. The van der Waals surface area contributed by atoms with Crippen LogP contribution < -0.4 is 0 Å². The van der Waals surface area contributed by atoms with Gasteiger partial charge in [-0.25, -0.2) is 0 Å². The van der Waals surface area contributed by atoms with Crippen LogP contribution >= 0.6 is 0 Å². The first-order valence-corrected chi connectivity index (χ1v) is 15.0. The van der Waals surface area contributed by atoms with E-state index < -0.39 is 0 Å². The maximum Gasteiger partial charge on any atom is 0.306 e. The van der Waals surface area contributed by atoms with E-state index in [-0.39, 0.29) is 43.0 Å². The Hall–Kier alpha value is -1.18. The Labute approximate surface area is 227 Å². The van der Waals surface area contributed by atoms with Crippen LogP contribution in [-0.2, 0) is 33.3 Å². The van der Waals surface area contributed by atoms with Crippen molar-refractivity contribution in [2.75, 3.05) is 26.4 Å². The molecule has 0 aliphatic rings. The summed E-state index contributed by atoms with van der Waals surface area (Å²) in [6.07, 6.45) is 14.1. The number of hydrogen-bond donors (Lipinski definition) is 0. The molecule has 0 aromatic rings. The molecule has 37 heavy (non-hydrogen) atoms. The summed E-state index contributed by atoms with van der Waals surface area (Å²) in [5.74, 6) is -0.299. The molecule has 0 N–H and O–H groups in total. The Morgan fingerprint density at radius 1 is 0.486 bits per heavy atom. The highest BCUT2D eigenvalue weighted by atomic mass is 16.6. The van der Waals surface area contributed by atoms with Crippen molar-refractivity contribution in [2.24, 2.45) is 0 Å². The third-order valence-corrected chi connectivity index (χ3v) is 6.13. The first-order valence-electron chi connectivity index (χ1n) is 15.0. The number of unbranched alkanes of at least 4 members (excludes halogenated alkanes) is 10. The normalized spacial score (nSPS) is 14.6. The molecular weight excluding hydrogens is 472 g/mol. The molecule has 7 heteroatoms. The van der Waals surface area contributed by atoms with Gasteiger partial charge in [0.1, 0.15) is 12.7 Å². The lowest BCUT2D eigenvalue weighted by atomic mass is 10.1. The van der Waals surface area contributed by atoms with Crippen LogP contribution in [0.2, 0.25) is 0 Å². The Balaban J connectivity index is 3.76. The summed E-state index contributed by atoms with van der Waals surface area (Å²) < 4.78 is 28.1.